The maximum atomic E-state index is 5.54. The number of hydrogen-bond acceptors (Lipinski definition) is 4. The second-order valence-corrected chi connectivity index (χ2v) is 5.85. The second-order valence-electron chi connectivity index (χ2n) is 5.00. The minimum atomic E-state index is 0. The summed E-state index contributed by atoms with van der Waals surface area (Å²) in [4.78, 5) is 8.53. The predicted molar refractivity (Wildman–Crippen MR) is 109 cm³/mol. The van der Waals surface area contributed by atoms with Crippen molar-refractivity contribution in [3.8, 4) is 5.75 Å². The van der Waals surface area contributed by atoms with E-state index >= 15 is 0 Å². The van der Waals surface area contributed by atoms with Crippen LogP contribution in [0.4, 0.5) is 0 Å². The Bertz CT molecular complexity index is 684. The molecule has 0 aliphatic carbocycles. The number of halogens is 2. The van der Waals surface area contributed by atoms with E-state index in [1.54, 1.807) is 14.2 Å². The highest BCUT2D eigenvalue weighted by molar-refractivity contribution is 14.0. The number of guanidine groups is 1. The van der Waals surface area contributed by atoms with E-state index < -0.39 is 0 Å². The third kappa shape index (κ3) is 5.66. The molecule has 1 heterocycles. The zero-order valence-electron chi connectivity index (χ0n) is 14.1. The molecule has 0 amide bonds. The SMILES string of the molecule is CN=C(NCc1ccc(OC)c(Br)c1)NCc1nc(C)c(C)o1.I. The molecule has 2 N–H and O–H groups in total. The van der Waals surface area contributed by atoms with E-state index in [-0.39, 0.29) is 24.0 Å². The molecule has 0 aliphatic heterocycles. The molecule has 132 valence electrons. The molecule has 0 radical (unpaired) electrons. The molecule has 24 heavy (non-hydrogen) atoms. The van der Waals surface area contributed by atoms with Gasteiger partial charge in [-0.25, -0.2) is 4.98 Å². The van der Waals surface area contributed by atoms with Crippen LogP contribution >= 0.6 is 39.9 Å². The minimum absolute atomic E-state index is 0. The summed E-state index contributed by atoms with van der Waals surface area (Å²) >= 11 is 3.48. The zero-order valence-corrected chi connectivity index (χ0v) is 18.1. The average Bonchev–Trinajstić information content (AvgIpc) is 2.86. The summed E-state index contributed by atoms with van der Waals surface area (Å²) in [6, 6.07) is 5.94. The molecule has 0 fully saturated rings. The van der Waals surface area contributed by atoms with Crippen LogP contribution in [-0.2, 0) is 13.1 Å². The first-order valence-electron chi connectivity index (χ1n) is 7.23. The summed E-state index contributed by atoms with van der Waals surface area (Å²) in [6.07, 6.45) is 0. The summed E-state index contributed by atoms with van der Waals surface area (Å²) in [5.74, 6) is 2.99. The first-order chi connectivity index (χ1) is 11.0. The molecular formula is C16H22BrIN4O2. The van der Waals surface area contributed by atoms with E-state index in [9.17, 15) is 0 Å². The first kappa shape index (κ1) is 20.8. The molecule has 0 saturated carbocycles. The lowest BCUT2D eigenvalue weighted by atomic mass is 10.2. The van der Waals surface area contributed by atoms with Gasteiger partial charge in [0.1, 0.15) is 11.5 Å². The molecular weight excluding hydrogens is 487 g/mol. The Labute approximate surface area is 167 Å². The third-order valence-corrected chi connectivity index (χ3v) is 4.00. The number of nitrogens with one attached hydrogen (secondary N) is 2. The van der Waals surface area contributed by atoms with Gasteiger partial charge in [0.2, 0.25) is 5.89 Å². The largest absolute Gasteiger partial charge is 0.496 e. The quantitative estimate of drug-likeness (QED) is 0.367. The topological polar surface area (TPSA) is 71.7 Å². The maximum Gasteiger partial charge on any atom is 0.214 e. The first-order valence-corrected chi connectivity index (χ1v) is 8.02. The lowest BCUT2D eigenvalue weighted by Crippen LogP contribution is -2.36. The Balaban J connectivity index is 0.00000288. The molecule has 0 aliphatic rings. The standard InChI is InChI=1S/C16H21BrN4O2.HI/c1-10-11(2)23-15(21-10)9-20-16(18-3)19-8-12-5-6-14(22-4)13(17)7-12;/h5-7H,8-9H2,1-4H3,(H2,18,19,20);1H. The van der Waals surface area contributed by atoms with Gasteiger partial charge in [-0.3, -0.25) is 4.99 Å². The predicted octanol–water partition coefficient (Wildman–Crippen LogP) is 3.55. The van der Waals surface area contributed by atoms with Crippen LogP contribution in [0.25, 0.3) is 0 Å². The molecule has 0 atom stereocenters. The number of aliphatic imine (C=N–C) groups is 1. The maximum absolute atomic E-state index is 5.54. The number of nitrogens with zero attached hydrogens (tertiary/aromatic N) is 2. The molecule has 2 aromatic rings. The van der Waals surface area contributed by atoms with E-state index in [1.165, 1.54) is 0 Å². The Morgan fingerprint density at radius 3 is 2.54 bits per heavy atom. The van der Waals surface area contributed by atoms with Crippen molar-refractivity contribution < 1.29 is 9.15 Å². The third-order valence-electron chi connectivity index (χ3n) is 3.38. The summed E-state index contributed by atoms with van der Waals surface area (Å²) in [6.45, 7) is 4.96. The highest BCUT2D eigenvalue weighted by atomic mass is 127. The highest BCUT2D eigenvalue weighted by Gasteiger charge is 2.07. The van der Waals surface area contributed by atoms with E-state index in [1.807, 2.05) is 32.0 Å². The fraction of sp³-hybridized carbons (Fsp3) is 0.375. The van der Waals surface area contributed by atoms with Crippen LogP contribution < -0.4 is 15.4 Å². The van der Waals surface area contributed by atoms with Crippen molar-refractivity contribution >= 4 is 45.9 Å². The van der Waals surface area contributed by atoms with Crippen molar-refractivity contribution in [2.75, 3.05) is 14.2 Å². The van der Waals surface area contributed by atoms with Gasteiger partial charge in [0, 0.05) is 13.6 Å². The number of ether oxygens (including phenoxy) is 1. The second kappa shape index (κ2) is 9.87. The van der Waals surface area contributed by atoms with Crippen molar-refractivity contribution in [2.45, 2.75) is 26.9 Å². The van der Waals surface area contributed by atoms with Gasteiger partial charge in [-0.15, -0.1) is 24.0 Å². The average molecular weight is 509 g/mol. The smallest absolute Gasteiger partial charge is 0.214 e. The lowest BCUT2D eigenvalue weighted by Gasteiger charge is -2.11. The van der Waals surface area contributed by atoms with E-state index in [0.29, 0.717) is 24.9 Å². The summed E-state index contributed by atoms with van der Waals surface area (Å²) in [7, 11) is 3.38. The number of aromatic nitrogens is 1. The van der Waals surface area contributed by atoms with Crippen molar-refractivity contribution in [1.29, 1.82) is 0 Å². The van der Waals surface area contributed by atoms with Crippen LogP contribution in [0.5, 0.6) is 5.75 Å². The van der Waals surface area contributed by atoms with Crippen LogP contribution in [0, 0.1) is 13.8 Å². The van der Waals surface area contributed by atoms with Gasteiger partial charge in [0.25, 0.3) is 0 Å². The molecule has 1 aromatic heterocycles. The van der Waals surface area contributed by atoms with Crippen LogP contribution in [0.2, 0.25) is 0 Å². The Hall–Kier alpha value is -1.29. The van der Waals surface area contributed by atoms with Gasteiger partial charge in [-0.05, 0) is 47.5 Å². The van der Waals surface area contributed by atoms with Crippen molar-refractivity contribution in [1.82, 2.24) is 15.6 Å². The van der Waals surface area contributed by atoms with Gasteiger partial charge in [-0.2, -0.15) is 0 Å². The number of oxazole rings is 1. The van der Waals surface area contributed by atoms with E-state index in [0.717, 1.165) is 27.2 Å². The fourth-order valence-corrected chi connectivity index (χ4v) is 2.59. The number of methoxy groups -OCH3 is 1. The van der Waals surface area contributed by atoms with Crippen molar-refractivity contribution in [3.63, 3.8) is 0 Å². The van der Waals surface area contributed by atoms with Gasteiger partial charge in [0.05, 0.1) is 23.8 Å². The van der Waals surface area contributed by atoms with Crippen LogP contribution in [0.1, 0.15) is 22.9 Å². The Morgan fingerprint density at radius 1 is 1.29 bits per heavy atom. The summed E-state index contributed by atoms with van der Waals surface area (Å²) in [5.41, 5.74) is 2.02. The van der Waals surface area contributed by atoms with Crippen LogP contribution in [0.15, 0.2) is 32.1 Å². The van der Waals surface area contributed by atoms with Gasteiger partial charge in [-0.1, -0.05) is 6.07 Å². The van der Waals surface area contributed by atoms with E-state index in [2.05, 4.69) is 36.5 Å². The lowest BCUT2D eigenvalue weighted by molar-refractivity contribution is 0.412. The van der Waals surface area contributed by atoms with Crippen LogP contribution in [0.3, 0.4) is 0 Å². The summed E-state index contributed by atoms with van der Waals surface area (Å²) < 4.78 is 11.7. The number of aryl methyl sites for hydroxylation is 2. The normalized spacial score (nSPS) is 11.0. The Morgan fingerprint density at radius 2 is 2.00 bits per heavy atom. The number of benzene rings is 1. The molecule has 0 unspecified atom stereocenters. The molecule has 1 aromatic carbocycles. The zero-order chi connectivity index (χ0) is 16.8. The highest BCUT2D eigenvalue weighted by Crippen LogP contribution is 2.25. The number of hydrogen-bond donors (Lipinski definition) is 2. The molecule has 2 rings (SSSR count). The Kier molecular flexibility index (Phi) is 8.54. The number of rotatable bonds is 5. The molecule has 0 saturated heterocycles. The minimum Gasteiger partial charge on any atom is -0.496 e. The molecule has 0 bridgehead atoms. The van der Waals surface area contributed by atoms with Gasteiger partial charge in [0.15, 0.2) is 5.96 Å². The van der Waals surface area contributed by atoms with Gasteiger partial charge < -0.3 is 19.8 Å². The van der Waals surface area contributed by atoms with Gasteiger partial charge >= 0.3 is 0 Å². The molecule has 0 spiro atoms. The van der Waals surface area contributed by atoms with E-state index in [4.69, 9.17) is 9.15 Å². The van der Waals surface area contributed by atoms with Crippen molar-refractivity contribution in [3.05, 3.63) is 45.6 Å². The fourth-order valence-electron chi connectivity index (χ4n) is 2.00. The van der Waals surface area contributed by atoms with Crippen molar-refractivity contribution in [2.24, 2.45) is 4.99 Å². The summed E-state index contributed by atoms with van der Waals surface area (Å²) in [5, 5.41) is 6.43. The van der Waals surface area contributed by atoms with Crippen LogP contribution in [-0.4, -0.2) is 25.1 Å². The monoisotopic (exact) mass is 508 g/mol. The molecule has 8 heteroatoms. The molecule has 6 nitrogen and oxygen atoms in total.